The highest BCUT2D eigenvalue weighted by molar-refractivity contribution is 6.31. The summed E-state index contributed by atoms with van der Waals surface area (Å²) in [6.45, 7) is 3.94. The van der Waals surface area contributed by atoms with Crippen LogP contribution in [0.2, 0.25) is 5.02 Å². The molecule has 0 heterocycles. The van der Waals surface area contributed by atoms with E-state index >= 15 is 0 Å². The number of benzene rings is 1. The molecule has 0 unspecified atom stereocenters. The van der Waals surface area contributed by atoms with E-state index in [9.17, 15) is 4.39 Å². The summed E-state index contributed by atoms with van der Waals surface area (Å²) in [5.74, 6) is 2.66. The molecule has 132 valence electrons. The maximum Gasteiger partial charge on any atom is 0.183 e. The lowest BCUT2D eigenvalue weighted by atomic mass is 9.68. The van der Waals surface area contributed by atoms with Crippen molar-refractivity contribution in [2.75, 3.05) is 7.11 Å². The van der Waals surface area contributed by atoms with Crippen molar-refractivity contribution in [2.45, 2.75) is 57.3 Å². The largest absolute Gasteiger partial charge is 0.494 e. The molecular formula is C21H28ClFO. The molecule has 1 nitrogen and oxygen atoms in total. The van der Waals surface area contributed by atoms with Crippen LogP contribution in [0.5, 0.6) is 5.75 Å². The van der Waals surface area contributed by atoms with Gasteiger partial charge >= 0.3 is 0 Å². The van der Waals surface area contributed by atoms with Gasteiger partial charge in [-0.1, -0.05) is 23.7 Å². The second-order valence-corrected chi connectivity index (χ2v) is 7.89. The Balaban J connectivity index is 1.59. The lowest BCUT2D eigenvalue weighted by Crippen LogP contribution is -2.25. The number of hydrogen-bond donors (Lipinski definition) is 0. The van der Waals surface area contributed by atoms with Crippen molar-refractivity contribution < 1.29 is 9.13 Å². The third kappa shape index (κ3) is 3.64. The van der Waals surface area contributed by atoms with Crippen LogP contribution in [0.4, 0.5) is 4.39 Å². The summed E-state index contributed by atoms with van der Waals surface area (Å²) in [6.07, 6.45) is 12.2. The average molecular weight is 351 g/mol. The molecule has 2 fully saturated rings. The molecule has 2 aliphatic rings. The van der Waals surface area contributed by atoms with E-state index in [0.717, 1.165) is 36.2 Å². The Hall–Kier alpha value is -1.02. The topological polar surface area (TPSA) is 9.23 Å². The van der Waals surface area contributed by atoms with Crippen molar-refractivity contribution in [3.8, 4) is 5.75 Å². The molecule has 0 amide bonds. The maximum absolute atomic E-state index is 14.2. The number of hydrogen-bond acceptors (Lipinski definition) is 1. The smallest absolute Gasteiger partial charge is 0.183 e. The standard InChI is InChI=1S/C21H28ClFO/c1-3-14-4-6-15(7-5-14)16-8-10-17(11-9-16)18-12-13-19(24-2)21(23)20(18)22/h3,12-17H,1,4-11H2,2H3. The van der Waals surface area contributed by atoms with Gasteiger partial charge in [0.15, 0.2) is 11.6 Å². The fraction of sp³-hybridized carbons (Fsp3) is 0.619. The molecular weight excluding hydrogens is 323 g/mol. The molecule has 0 bridgehead atoms. The zero-order valence-electron chi connectivity index (χ0n) is 14.6. The van der Waals surface area contributed by atoms with Gasteiger partial charge in [0.25, 0.3) is 0 Å². The third-order valence-corrected chi connectivity index (χ3v) is 6.71. The first-order valence-electron chi connectivity index (χ1n) is 9.28. The van der Waals surface area contributed by atoms with E-state index in [0.29, 0.717) is 5.92 Å². The van der Waals surface area contributed by atoms with Crippen LogP contribution in [0.15, 0.2) is 24.8 Å². The van der Waals surface area contributed by atoms with E-state index in [1.807, 2.05) is 6.07 Å². The lowest BCUT2D eigenvalue weighted by Gasteiger charge is -2.37. The van der Waals surface area contributed by atoms with Crippen molar-refractivity contribution in [1.82, 2.24) is 0 Å². The molecule has 0 radical (unpaired) electrons. The van der Waals surface area contributed by atoms with Crippen LogP contribution in [0.1, 0.15) is 62.8 Å². The first-order chi connectivity index (χ1) is 11.6. The first-order valence-corrected chi connectivity index (χ1v) is 9.66. The second-order valence-electron chi connectivity index (χ2n) is 7.51. The predicted octanol–water partition coefficient (Wildman–Crippen LogP) is 6.75. The normalized spacial score (nSPS) is 30.8. The molecule has 1 aromatic rings. The van der Waals surface area contributed by atoms with Crippen LogP contribution in [-0.2, 0) is 0 Å². The van der Waals surface area contributed by atoms with Crippen LogP contribution < -0.4 is 4.74 Å². The zero-order chi connectivity index (χ0) is 17.1. The van der Waals surface area contributed by atoms with Gasteiger partial charge in [0.05, 0.1) is 12.1 Å². The van der Waals surface area contributed by atoms with Crippen LogP contribution in [-0.4, -0.2) is 7.11 Å². The van der Waals surface area contributed by atoms with Gasteiger partial charge in [-0.15, -0.1) is 6.58 Å². The SMILES string of the molecule is C=CC1CCC(C2CCC(c3ccc(OC)c(F)c3Cl)CC2)CC1. The number of halogens is 2. The van der Waals surface area contributed by atoms with Gasteiger partial charge in [0.2, 0.25) is 0 Å². The zero-order valence-corrected chi connectivity index (χ0v) is 15.3. The summed E-state index contributed by atoms with van der Waals surface area (Å²) in [7, 11) is 1.47. The molecule has 2 aliphatic carbocycles. The van der Waals surface area contributed by atoms with Crippen LogP contribution in [0.3, 0.4) is 0 Å². The molecule has 0 saturated heterocycles. The van der Waals surface area contributed by atoms with Crippen molar-refractivity contribution in [2.24, 2.45) is 17.8 Å². The van der Waals surface area contributed by atoms with E-state index in [4.69, 9.17) is 16.3 Å². The minimum atomic E-state index is -0.415. The van der Waals surface area contributed by atoms with Crippen LogP contribution in [0, 0.1) is 23.6 Å². The Bertz CT molecular complexity index is 569. The molecule has 0 atom stereocenters. The van der Waals surface area contributed by atoms with Crippen LogP contribution in [0.25, 0.3) is 0 Å². The molecule has 1 aromatic carbocycles. The number of allylic oxidation sites excluding steroid dienone is 1. The molecule has 0 N–H and O–H groups in total. The van der Waals surface area contributed by atoms with Crippen LogP contribution >= 0.6 is 11.6 Å². The summed E-state index contributed by atoms with van der Waals surface area (Å²) in [6, 6.07) is 3.66. The van der Waals surface area contributed by atoms with Crippen molar-refractivity contribution in [1.29, 1.82) is 0 Å². The number of methoxy groups -OCH3 is 1. The Morgan fingerprint density at radius 1 is 1.04 bits per heavy atom. The van der Waals surface area contributed by atoms with E-state index in [-0.39, 0.29) is 10.8 Å². The van der Waals surface area contributed by atoms with E-state index in [2.05, 4.69) is 12.7 Å². The third-order valence-electron chi connectivity index (χ3n) is 6.32. The van der Waals surface area contributed by atoms with Gasteiger partial charge in [-0.25, -0.2) is 4.39 Å². The number of ether oxygens (including phenoxy) is 1. The number of rotatable bonds is 4. The van der Waals surface area contributed by atoms with Crippen molar-refractivity contribution in [3.63, 3.8) is 0 Å². The summed E-state index contributed by atoms with van der Waals surface area (Å²) >= 11 is 6.26. The van der Waals surface area contributed by atoms with E-state index in [1.54, 1.807) is 6.07 Å². The first kappa shape index (κ1) is 17.8. The van der Waals surface area contributed by atoms with Gasteiger partial charge in [0.1, 0.15) is 0 Å². The van der Waals surface area contributed by atoms with Gasteiger partial charge < -0.3 is 4.74 Å². The van der Waals surface area contributed by atoms with E-state index < -0.39 is 5.82 Å². The summed E-state index contributed by atoms with van der Waals surface area (Å²) in [5.41, 5.74) is 0.962. The lowest BCUT2D eigenvalue weighted by molar-refractivity contribution is 0.171. The van der Waals surface area contributed by atoms with Crippen molar-refractivity contribution in [3.05, 3.63) is 41.2 Å². The minimum absolute atomic E-state index is 0.233. The Labute approximate surface area is 150 Å². The van der Waals surface area contributed by atoms with Crippen molar-refractivity contribution >= 4 is 11.6 Å². The van der Waals surface area contributed by atoms with Gasteiger partial charge in [-0.3, -0.25) is 0 Å². The average Bonchev–Trinajstić information content (AvgIpc) is 2.64. The highest BCUT2D eigenvalue weighted by Gasteiger charge is 2.31. The molecule has 24 heavy (non-hydrogen) atoms. The summed E-state index contributed by atoms with van der Waals surface area (Å²) < 4.78 is 19.2. The van der Waals surface area contributed by atoms with Gasteiger partial charge in [-0.05, 0) is 86.7 Å². The maximum atomic E-state index is 14.2. The molecule has 2 saturated carbocycles. The Morgan fingerprint density at radius 2 is 1.62 bits per heavy atom. The highest BCUT2D eigenvalue weighted by atomic mass is 35.5. The Kier molecular flexibility index (Phi) is 5.86. The fourth-order valence-electron chi connectivity index (χ4n) is 4.77. The summed E-state index contributed by atoms with van der Waals surface area (Å²) in [4.78, 5) is 0. The molecule has 3 rings (SSSR count). The van der Waals surface area contributed by atoms with Gasteiger partial charge in [0, 0.05) is 0 Å². The molecule has 3 heteroatoms. The highest BCUT2D eigenvalue weighted by Crippen LogP contribution is 2.46. The quantitative estimate of drug-likeness (QED) is 0.545. The van der Waals surface area contributed by atoms with Gasteiger partial charge in [-0.2, -0.15) is 0 Å². The minimum Gasteiger partial charge on any atom is -0.494 e. The monoisotopic (exact) mass is 350 g/mol. The molecule has 0 aromatic heterocycles. The van der Waals surface area contributed by atoms with E-state index in [1.165, 1.54) is 45.6 Å². The fourth-order valence-corrected chi connectivity index (χ4v) is 5.08. The summed E-state index contributed by atoms with van der Waals surface area (Å²) in [5, 5.41) is 0.254. The molecule has 0 aliphatic heterocycles. The second kappa shape index (κ2) is 7.91. The molecule has 0 spiro atoms. The Morgan fingerprint density at radius 3 is 2.17 bits per heavy atom. The predicted molar refractivity (Wildman–Crippen MR) is 98.3 cm³/mol.